The first-order chi connectivity index (χ1) is 39.3. The van der Waals surface area contributed by atoms with Crippen LogP contribution in [0.3, 0.4) is 0 Å². The van der Waals surface area contributed by atoms with Gasteiger partial charge in [0.15, 0.2) is 46.1 Å². The van der Waals surface area contributed by atoms with E-state index in [-0.39, 0.29) is 101 Å². The minimum absolute atomic E-state index is 0.0145. The number of ether oxygens (including phenoxy) is 4. The van der Waals surface area contributed by atoms with E-state index in [2.05, 4.69) is 37.9 Å². The van der Waals surface area contributed by atoms with Gasteiger partial charge in [0.05, 0.1) is 70.8 Å². The Labute approximate surface area is 481 Å². The summed E-state index contributed by atoms with van der Waals surface area (Å²) < 4.78 is 21.8. The number of Topliss-reactive ketones (excluding diaryl/α,β-unsaturated/α-hetero) is 4. The second-order valence-electron chi connectivity index (χ2n) is 22.8. The molecule has 2 aromatic rings. The van der Waals surface area contributed by atoms with E-state index < -0.39 is 83.8 Å². The van der Waals surface area contributed by atoms with Crippen LogP contribution in [0.1, 0.15) is 92.9 Å². The molecule has 6 heterocycles. The number of likely N-dealkylation sites (N-methyl/N-ethyl adjacent to an activating group) is 2. The molecule has 23 heteroatoms. The van der Waals surface area contributed by atoms with Crippen molar-refractivity contribution in [3.05, 3.63) is 90.5 Å². The molecule has 23 nitrogen and oxygen atoms in total. The van der Waals surface area contributed by atoms with Crippen molar-refractivity contribution >= 4 is 40.9 Å². The van der Waals surface area contributed by atoms with E-state index in [1.807, 2.05) is 49.9 Å². The van der Waals surface area contributed by atoms with Crippen LogP contribution in [0.4, 0.5) is 0 Å². The number of carbonyl (C=O) groups is 7. The Morgan fingerprint density at radius 3 is 1.36 bits per heavy atom. The summed E-state index contributed by atoms with van der Waals surface area (Å²) in [5.41, 5.74) is 12.1. The Morgan fingerprint density at radius 1 is 0.639 bits per heavy atom. The Bertz CT molecular complexity index is 3400. The van der Waals surface area contributed by atoms with Crippen LogP contribution in [-0.2, 0) is 55.9 Å². The molecule has 83 heavy (non-hydrogen) atoms. The maximum Gasteiger partial charge on any atom is 0.242 e. The first kappa shape index (κ1) is 59.7. The topological polar surface area (TPSA) is 320 Å². The van der Waals surface area contributed by atoms with Gasteiger partial charge in [0.2, 0.25) is 29.3 Å². The average Bonchev–Trinajstić information content (AvgIpc) is 0.932. The second kappa shape index (κ2) is 22.7. The first-order valence-corrected chi connectivity index (χ1v) is 27.6. The van der Waals surface area contributed by atoms with Crippen molar-refractivity contribution < 1.29 is 62.7 Å². The molecule has 7 N–H and O–H groups in total. The van der Waals surface area contributed by atoms with Crippen LogP contribution in [0.5, 0.6) is 23.0 Å². The number of nitrogens with two attached hydrogens (primary N) is 1. The van der Waals surface area contributed by atoms with Crippen LogP contribution in [0, 0.1) is 36.5 Å². The van der Waals surface area contributed by atoms with Crippen molar-refractivity contribution in [1.82, 2.24) is 35.6 Å². The molecule has 0 spiro atoms. The summed E-state index contributed by atoms with van der Waals surface area (Å²) in [6.45, 7) is 11.1. The summed E-state index contributed by atoms with van der Waals surface area (Å²) in [5, 5.41) is 52.3. The smallest absolute Gasteiger partial charge is 0.242 e. The van der Waals surface area contributed by atoms with Gasteiger partial charge in [-0.3, -0.25) is 53.2 Å². The van der Waals surface area contributed by atoms with Gasteiger partial charge in [0.1, 0.15) is 18.1 Å². The molecule has 6 aliphatic heterocycles. The van der Waals surface area contributed by atoms with Gasteiger partial charge in [0.25, 0.3) is 0 Å². The number of phenolic OH excluding ortho intramolecular Hbond substituents is 2. The lowest BCUT2D eigenvalue weighted by atomic mass is 9.69. The van der Waals surface area contributed by atoms with E-state index in [0.717, 1.165) is 22.3 Å². The number of aromatic hydroxyl groups is 2. The molecule has 2 unspecified atom stereocenters. The van der Waals surface area contributed by atoms with E-state index in [9.17, 15) is 54.3 Å². The van der Waals surface area contributed by atoms with E-state index in [4.69, 9.17) is 24.7 Å². The number of hydrogen-bond acceptors (Lipinski definition) is 20. The van der Waals surface area contributed by atoms with E-state index in [1.54, 1.807) is 27.7 Å². The zero-order valence-electron chi connectivity index (χ0n) is 49.0. The molecule has 0 aromatic heterocycles. The molecule has 3 amide bonds. The molecule has 2 saturated heterocycles. The highest BCUT2D eigenvalue weighted by atomic mass is 16.5. The number of allylic oxidation sites excluding steroid dienone is 4. The van der Waals surface area contributed by atoms with Crippen molar-refractivity contribution in [2.75, 3.05) is 55.6 Å². The molecule has 12 atom stereocenters. The third-order valence-corrected chi connectivity index (χ3v) is 18.3. The quantitative estimate of drug-likeness (QED) is 0.175. The Kier molecular flexibility index (Phi) is 16.3. The van der Waals surface area contributed by atoms with Crippen molar-refractivity contribution in [3.63, 3.8) is 0 Å². The predicted octanol–water partition coefficient (Wildman–Crippen LogP) is 1.75. The van der Waals surface area contributed by atoms with Crippen LogP contribution in [0.15, 0.2) is 57.1 Å². The normalized spacial score (nSPS) is 28.1. The summed E-state index contributed by atoms with van der Waals surface area (Å²) in [5.74, 6) is -2.06. The molecule has 4 bridgehead atoms. The number of ketones is 4. The highest BCUT2D eigenvalue weighted by Gasteiger charge is 2.60. The van der Waals surface area contributed by atoms with Gasteiger partial charge >= 0.3 is 0 Å². The maximum atomic E-state index is 13.9. The summed E-state index contributed by atoms with van der Waals surface area (Å²) in [6, 6.07) is 1.83. The lowest BCUT2D eigenvalue weighted by molar-refractivity contribution is -0.128. The molecule has 2 aromatic carbocycles. The Hall–Kier alpha value is -7.93. The molecular formula is C60H72N10O13. The number of nitrogens with one attached hydrogen (secondary N) is 3. The number of benzene rings is 2. The zero-order chi connectivity index (χ0) is 60.7. The minimum Gasteiger partial charge on any atom is -0.504 e. The van der Waals surface area contributed by atoms with Crippen LogP contribution in [0.25, 0.3) is 0 Å². The highest BCUT2D eigenvalue weighted by molar-refractivity contribution is 6.26. The maximum absolute atomic E-state index is 13.9. The molecular weight excluding hydrogens is 1070 g/mol. The number of nitriles is 2. The Morgan fingerprint density at radius 2 is 1.02 bits per heavy atom. The fourth-order valence-electron chi connectivity index (χ4n) is 14.7. The Balaban J connectivity index is 0.000000200. The SMILES string of the molecule is COC1=C(C)C(=O)C2=C(C1=O)[C@H](CNC(=O)[C@@H](C)NC(C)=O)N1C(C2)[C@H]2c3c(cc(C)c(OC)c3O)C[C@@H]([C@@H]1C#N)N2C.COC1=C(C)C(=O)C2=C(C1=O)[C@H](CNC(=O)[C@H](C)N)N1C(C2)[C@H]2c3c(cc(C)c(OC)c3O)C[C@@H]([C@@H]1C#N)N2C. The molecule has 8 aliphatic rings. The van der Waals surface area contributed by atoms with Gasteiger partial charge in [-0.2, -0.15) is 10.5 Å². The standard InChI is InChI=1S/C31H37N5O7.C29H35N5O6/c1-13-8-17-9-19-21(11-32)36-20(25(35(19)5)23(17)27(39)29(13)42-6)10-18-24(28(40)30(43-7)14(2)26(18)38)22(36)12-33-31(41)15(3)34-16(4)37;1-12-7-15-8-17-19(10-30)34-18(23(33(17)4)21(15)25(36)27(12)39-5)9-16-22(20(34)11-32-29(38)14(3)31)26(37)28(40-6)13(2)24(16)35/h8,15,19-22,25,39H,9-10,12H2,1-7H3,(H,33,41)(H,34,37);7,14,17-20,23,36H,8-9,11,31H2,1-6H3,(H,32,38)/t15-,19+,20?,21+,22+,25+;14-,17-,18?,19-,20-,23-/m10/s1. The number of aryl methyl sites for hydroxylation is 2. The van der Waals surface area contributed by atoms with Gasteiger partial charge in [-0.05, 0) is 104 Å². The van der Waals surface area contributed by atoms with Gasteiger partial charge in [-0.1, -0.05) is 12.1 Å². The van der Waals surface area contributed by atoms with E-state index in [0.29, 0.717) is 46.6 Å². The number of rotatable bonds is 11. The molecule has 0 saturated carbocycles. The largest absolute Gasteiger partial charge is 0.504 e. The number of carbonyl (C=O) groups excluding carboxylic acids is 7. The number of phenols is 2. The number of methoxy groups -OCH3 is 4. The molecule has 0 radical (unpaired) electrons. The van der Waals surface area contributed by atoms with Gasteiger partial charge in [-0.15, -0.1) is 0 Å². The minimum atomic E-state index is -0.851. The van der Waals surface area contributed by atoms with Crippen molar-refractivity contribution in [2.45, 2.75) is 147 Å². The summed E-state index contributed by atoms with van der Waals surface area (Å²) in [6.07, 6.45) is 1.28. The van der Waals surface area contributed by atoms with Crippen molar-refractivity contribution in [1.29, 1.82) is 10.5 Å². The third kappa shape index (κ3) is 9.42. The summed E-state index contributed by atoms with van der Waals surface area (Å²) in [4.78, 5) is 100. The van der Waals surface area contributed by atoms with Gasteiger partial charge in [-0.25, -0.2) is 0 Å². The average molecular weight is 1140 g/mol. The number of amides is 3. The van der Waals surface area contributed by atoms with Crippen molar-refractivity contribution in [2.24, 2.45) is 5.73 Å². The van der Waals surface area contributed by atoms with Crippen LogP contribution < -0.4 is 31.2 Å². The monoisotopic (exact) mass is 1140 g/mol. The molecule has 10 rings (SSSR count). The van der Waals surface area contributed by atoms with Crippen LogP contribution in [-0.4, -0.2) is 187 Å². The van der Waals surface area contributed by atoms with E-state index >= 15 is 0 Å². The van der Waals surface area contributed by atoms with Gasteiger partial charge < -0.3 is 50.8 Å². The lowest BCUT2D eigenvalue weighted by Gasteiger charge is -2.60. The predicted molar refractivity (Wildman–Crippen MR) is 298 cm³/mol. The summed E-state index contributed by atoms with van der Waals surface area (Å²) in [7, 11) is 9.51. The second-order valence-corrected chi connectivity index (χ2v) is 22.8. The fraction of sp³-hybridized carbons (Fsp3) is 0.517. The molecule has 2 aliphatic carbocycles. The number of nitrogens with zero attached hydrogens (tertiary/aromatic N) is 6. The highest BCUT2D eigenvalue weighted by Crippen LogP contribution is 2.56. The van der Waals surface area contributed by atoms with Gasteiger partial charge in [0, 0.05) is 88.7 Å². The zero-order valence-corrected chi connectivity index (χ0v) is 49.0. The fourth-order valence-corrected chi connectivity index (χ4v) is 14.7. The van der Waals surface area contributed by atoms with Crippen LogP contribution >= 0.6 is 0 Å². The molecule has 2 fully saturated rings. The van der Waals surface area contributed by atoms with Crippen LogP contribution in [0.2, 0.25) is 0 Å². The molecule has 440 valence electrons. The lowest BCUT2D eigenvalue weighted by Crippen LogP contribution is -2.71. The number of fused-ring (bicyclic) bond motifs is 12. The third-order valence-electron chi connectivity index (χ3n) is 18.3. The number of piperazine rings is 2. The van der Waals surface area contributed by atoms with Crippen molar-refractivity contribution in [3.8, 4) is 35.1 Å². The first-order valence-electron chi connectivity index (χ1n) is 27.6. The number of hydrogen-bond donors (Lipinski definition) is 6. The summed E-state index contributed by atoms with van der Waals surface area (Å²) >= 11 is 0. The van der Waals surface area contributed by atoms with E-state index in [1.165, 1.54) is 35.4 Å².